The molecule has 2 aromatic carbocycles. The Morgan fingerprint density at radius 1 is 1.19 bits per heavy atom. The molecule has 5 nitrogen and oxygen atoms in total. The predicted octanol–water partition coefficient (Wildman–Crippen LogP) is 3.46. The Balaban J connectivity index is 1.77. The van der Waals surface area contributed by atoms with Crippen molar-refractivity contribution in [1.29, 1.82) is 0 Å². The van der Waals surface area contributed by atoms with Gasteiger partial charge in [0.2, 0.25) is 0 Å². The van der Waals surface area contributed by atoms with E-state index in [4.69, 9.17) is 27.9 Å². The lowest BCUT2D eigenvalue weighted by molar-refractivity contribution is 0.0824. The van der Waals surface area contributed by atoms with E-state index < -0.39 is 0 Å². The van der Waals surface area contributed by atoms with E-state index in [1.54, 1.807) is 30.3 Å². The Morgan fingerprint density at radius 3 is 2.81 bits per heavy atom. The van der Waals surface area contributed by atoms with Gasteiger partial charge in [0.15, 0.2) is 6.61 Å². The van der Waals surface area contributed by atoms with Crippen LogP contribution in [-0.4, -0.2) is 27.5 Å². The van der Waals surface area contributed by atoms with Crippen LogP contribution in [0.25, 0.3) is 11.0 Å². The first-order valence-electron chi connectivity index (χ1n) is 6.06. The summed E-state index contributed by atoms with van der Waals surface area (Å²) in [6, 6.07) is 12.0. The second-order valence-corrected chi connectivity index (χ2v) is 5.09. The van der Waals surface area contributed by atoms with Gasteiger partial charge in [-0.3, -0.25) is 4.79 Å². The molecule has 21 heavy (non-hydrogen) atoms. The van der Waals surface area contributed by atoms with Crippen molar-refractivity contribution < 1.29 is 9.53 Å². The zero-order valence-electron chi connectivity index (χ0n) is 10.7. The van der Waals surface area contributed by atoms with Crippen LogP contribution in [-0.2, 0) is 0 Å². The molecule has 0 radical (unpaired) electrons. The quantitative estimate of drug-likeness (QED) is 0.741. The van der Waals surface area contributed by atoms with Crippen molar-refractivity contribution in [3.8, 4) is 5.75 Å². The maximum atomic E-state index is 12.1. The molecule has 0 aliphatic heterocycles. The minimum absolute atomic E-state index is 0.200. The molecule has 0 amide bonds. The predicted molar refractivity (Wildman–Crippen MR) is 80.1 cm³/mol. The van der Waals surface area contributed by atoms with Gasteiger partial charge in [0.1, 0.15) is 11.3 Å². The Morgan fingerprint density at radius 2 is 2.00 bits per heavy atom. The number of benzene rings is 2. The van der Waals surface area contributed by atoms with Gasteiger partial charge in [-0.1, -0.05) is 40.5 Å². The van der Waals surface area contributed by atoms with Gasteiger partial charge in [0, 0.05) is 5.02 Å². The summed E-state index contributed by atoms with van der Waals surface area (Å²) in [6.07, 6.45) is 0. The Labute approximate surface area is 130 Å². The van der Waals surface area contributed by atoms with Crippen molar-refractivity contribution in [2.45, 2.75) is 0 Å². The second-order valence-electron chi connectivity index (χ2n) is 4.25. The van der Waals surface area contributed by atoms with Crippen LogP contribution in [0.1, 0.15) is 4.79 Å². The molecule has 0 fully saturated rings. The van der Waals surface area contributed by atoms with Gasteiger partial charge < -0.3 is 4.74 Å². The first kappa shape index (κ1) is 13.9. The fourth-order valence-electron chi connectivity index (χ4n) is 1.85. The highest BCUT2D eigenvalue weighted by Crippen LogP contribution is 2.27. The number of rotatable bonds is 3. The summed E-state index contributed by atoms with van der Waals surface area (Å²) in [5.41, 5.74) is 1.28. The summed E-state index contributed by atoms with van der Waals surface area (Å²) in [5.74, 6) is 0.0496. The minimum Gasteiger partial charge on any atom is -0.482 e. The van der Waals surface area contributed by atoms with Crippen molar-refractivity contribution in [2.24, 2.45) is 0 Å². The molecule has 3 rings (SSSR count). The van der Waals surface area contributed by atoms with Crippen molar-refractivity contribution in [1.82, 2.24) is 15.0 Å². The van der Waals surface area contributed by atoms with E-state index in [0.717, 1.165) is 0 Å². The second kappa shape index (κ2) is 5.71. The third-order valence-corrected chi connectivity index (χ3v) is 3.36. The van der Waals surface area contributed by atoms with E-state index in [9.17, 15) is 4.79 Å². The zero-order chi connectivity index (χ0) is 14.8. The number of hydrogen-bond donors (Lipinski definition) is 0. The first-order chi connectivity index (χ1) is 10.1. The molecular weight excluding hydrogens is 313 g/mol. The number of carbonyl (C=O) groups is 1. The van der Waals surface area contributed by atoms with E-state index in [-0.39, 0.29) is 12.5 Å². The highest BCUT2D eigenvalue weighted by molar-refractivity contribution is 6.35. The highest BCUT2D eigenvalue weighted by atomic mass is 35.5. The molecule has 3 aromatic rings. The summed E-state index contributed by atoms with van der Waals surface area (Å²) in [4.78, 5) is 12.1. The fourth-order valence-corrected chi connectivity index (χ4v) is 2.31. The van der Waals surface area contributed by atoms with E-state index in [0.29, 0.717) is 26.8 Å². The van der Waals surface area contributed by atoms with E-state index in [2.05, 4.69) is 10.3 Å². The molecule has 0 aliphatic carbocycles. The van der Waals surface area contributed by atoms with Crippen molar-refractivity contribution >= 4 is 40.1 Å². The average Bonchev–Trinajstić information content (AvgIpc) is 2.90. The summed E-state index contributed by atoms with van der Waals surface area (Å²) in [6.45, 7) is -0.200. The molecule has 1 heterocycles. The van der Waals surface area contributed by atoms with Gasteiger partial charge in [-0.2, -0.15) is 4.68 Å². The zero-order valence-corrected chi connectivity index (χ0v) is 12.2. The number of ether oxygens (including phenoxy) is 1. The van der Waals surface area contributed by atoms with Crippen molar-refractivity contribution in [2.75, 3.05) is 6.61 Å². The van der Waals surface area contributed by atoms with Gasteiger partial charge in [0.25, 0.3) is 5.91 Å². The third-order valence-electron chi connectivity index (χ3n) is 2.83. The summed E-state index contributed by atoms with van der Waals surface area (Å²) >= 11 is 11.8. The number of nitrogens with zero attached hydrogens (tertiary/aromatic N) is 3. The maximum absolute atomic E-state index is 12.1. The van der Waals surface area contributed by atoms with Crippen LogP contribution in [0.5, 0.6) is 5.75 Å². The molecule has 0 saturated carbocycles. The molecule has 0 unspecified atom stereocenters. The summed E-state index contributed by atoms with van der Waals surface area (Å²) in [7, 11) is 0. The van der Waals surface area contributed by atoms with Gasteiger partial charge in [-0.15, -0.1) is 5.10 Å². The standard InChI is InChI=1S/C14H9Cl2N3O2/c15-9-5-6-13(10(16)7-9)21-8-14(20)19-12-4-2-1-3-11(12)17-18-19/h1-7H,8H2. The lowest BCUT2D eigenvalue weighted by atomic mass is 10.3. The van der Waals surface area contributed by atoms with Crippen LogP contribution in [0.4, 0.5) is 0 Å². The molecule has 0 saturated heterocycles. The molecule has 1 aromatic heterocycles. The molecule has 0 aliphatic rings. The van der Waals surface area contributed by atoms with Crippen LogP contribution in [0.3, 0.4) is 0 Å². The molecule has 0 N–H and O–H groups in total. The largest absolute Gasteiger partial charge is 0.482 e. The number of aromatic nitrogens is 3. The lowest BCUT2D eigenvalue weighted by Gasteiger charge is -2.07. The van der Waals surface area contributed by atoms with Crippen LogP contribution in [0, 0.1) is 0 Å². The first-order valence-corrected chi connectivity index (χ1v) is 6.82. The highest BCUT2D eigenvalue weighted by Gasteiger charge is 2.13. The van der Waals surface area contributed by atoms with E-state index in [1.807, 2.05) is 12.1 Å². The third kappa shape index (κ3) is 2.84. The SMILES string of the molecule is O=C(COc1ccc(Cl)cc1Cl)n1nnc2ccccc21. The van der Waals surface area contributed by atoms with Gasteiger partial charge in [-0.25, -0.2) is 0 Å². The number of halogens is 2. The molecule has 0 spiro atoms. The van der Waals surface area contributed by atoms with Crippen molar-refractivity contribution in [3.63, 3.8) is 0 Å². The fraction of sp³-hybridized carbons (Fsp3) is 0.0714. The Kier molecular flexibility index (Phi) is 3.77. The van der Waals surface area contributed by atoms with Crippen LogP contribution < -0.4 is 4.74 Å². The van der Waals surface area contributed by atoms with E-state index in [1.165, 1.54) is 4.68 Å². The number of para-hydroxylation sites is 1. The smallest absolute Gasteiger partial charge is 0.286 e. The number of hydrogen-bond acceptors (Lipinski definition) is 4. The van der Waals surface area contributed by atoms with Crippen molar-refractivity contribution in [3.05, 3.63) is 52.5 Å². The van der Waals surface area contributed by atoms with E-state index >= 15 is 0 Å². The van der Waals surface area contributed by atoms with Gasteiger partial charge in [-0.05, 0) is 30.3 Å². The normalized spacial score (nSPS) is 10.8. The molecular formula is C14H9Cl2N3O2. The molecule has 106 valence electrons. The number of fused-ring (bicyclic) bond motifs is 1. The van der Waals surface area contributed by atoms with Gasteiger partial charge in [0.05, 0.1) is 10.5 Å². The Hall–Kier alpha value is -2.11. The Bertz CT molecular complexity index is 817. The van der Waals surface area contributed by atoms with Crippen LogP contribution in [0.2, 0.25) is 10.0 Å². The number of carbonyl (C=O) groups excluding carboxylic acids is 1. The topological polar surface area (TPSA) is 57.0 Å². The maximum Gasteiger partial charge on any atom is 0.286 e. The minimum atomic E-state index is -0.338. The monoisotopic (exact) mass is 321 g/mol. The average molecular weight is 322 g/mol. The lowest BCUT2D eigenvalue weighted by Crippen LogP contribution is -2.20. The molecule has 7 heteroatoms. The molecule has 0 bridgehead atoms. The summed E-state index contributed by atoms with van der Waals surface area (Å²) < 4.78 is 6.61. The molecule has 0 atom stereocenters. The van der Waals surface area contributed by atoms with Gasteiger partial charge >= 0.3 is 0 Å². The summed E-state index contributed by atoms with van der Waals surface area (Å²) in [5, 5.41) is 8.59. The van der Waals surface area contributed by atoms with Crippen LogP contribution in [0.15, 0.2) is 42.5 Å². The van der Waals surface area contributed by atoms with Crippen LogP contribution >= 0.6 is 23.2 Å².